The summed E-state index contributed by atoms with van der Waals surface area (Å²) in [6.07, 6.45) is 2.16. The molecule has 9 heteroatoms. The Balaban J connectivity index is 1.73. The molecular weight excluding hydrogens is 386 g/mol. The molecule has 2 N–H and O–H groups in total. The van der Waals surface area contributed by atoms with Crippen molar-refractivity contribution in [3.8, 4) is 0 Å². The quantitative estimate of drug-likeness (QED) is 0.670. The third kappa shape index (κ3) is 4.94. The average molecular weight is 403 g/mol. The molecule has 0 spiro atoms. The lowest BCUT2D eigenvalue weighted by molar-refractivity contribution is 0.263. The first kappa shape index (κ1) is 18.6. The number of rotatable bonds is 7. The van der Waals surface area contributed by atoms with Crippen molar-refractivity contribution in [2.75, 3.05) is 11.9 Å². The molecule has 1 aromatic carbocycles. The van der Waals surface area contributed by atoms with E-state index in [1.165, 1.54) is 23.9 Å². The number of nitrogens with zero attached hydrogens (tertiary/aromatic N) is 3. The molecule has 25 heavy (non-hydrogen) atoms. The Kier molecular flexibility index (Phi) is 5.99. The standard InChI is InChI=1S/C16H17Cl2FN4OS/c1-8(10-4-5-11(17)12(19)6-10)25-16-22-14(18)21-15(23-16)20-13(7-24)9-2-3-9/h4-6,8-9,13,24H,2-3,7H2,1H3,(H,20,21,22,23)/t8?,13-/m0/s1. The van der Waals surface area contributed by atoms with Crippen LogP contribution in [0.25, 0.3) is 0 Å². The SMILES string of the molecule is CC(Sc1nc(Cl)nc(N[C@@H](CO)C2CC2)n1)c1ccc(Cl)c(F)c1. The van der Waals surface area contributed by atoms with E-state index in [2.05, 4.69) is 20.3 Å². The van der Waals surface area contributed by atoms with Gasteiger partial charge in [-0.05, 0) is 55.0 Å². The second-order valence-corrected chi connectivity index (χ2v) is 7.97. The van der Waals surface area contributed by atoms with Crippen LogP contribution in [0.4, 0.5) is 10.3 Å². The van der Waals surface area contributed by atoms with Crippen LogP contribution in [0.1, 0.15) is 30.6 Å². The highest BCUT2D eigenvalue weighted by Gasteiger charge is 2.31. The minimum absolute atomic E-state index is 0.0108. The Hall–Kier alpha value is -1.15. The molecule has 1 aliphatic rings. The number of aliphatic hydroxyl groups excluding tert-OH is 1. The van der Waals surface area contributed by atoms with Gasteiger partial charge in [-0.1, -0.05) is 29.4 Å². The molecule has 0 bridgehead atoms. The molecule has 1 fully saturated rings. The van der Waals surface area contributed by atoms with E-state index in [-0.39, 0.29) is 28.2 Å². The van der Waals surface area contributed by atoms with Crippen molar-refractivity contribution >= 4 is 40.9 Å². The maximum absolute atomic E-state index is 13.6. The summed E-state index contributed by atoms with van der Waals surface area (Å²) in [4.78, 5) is 12.5. The number of benzene rings is 1. The summed E-state index contributed by atoms with van der Waals surface area (Å²) in [5.41, 5.74) is 0.768. The Labute approximate surface area is 159 Å². The second kappa shape index (κ2) is 8.03. The largest absolute Gasteiger partial charge is 0.394 e. The van der Waals surface area contributed by atoms with Crippen molar-refractivity contribution in [1.82, 2.24) is 15.0 Å². The summed E-state index contributed by atoms with van der Waals surface area (Å²) >= 11 is 13.1. The van der Waals surface area contributed by atoms with Crippen molar-refractivity contribution in [1.29, 1.82) is 0 Å². The topological polar surface area (TPSA) is 70.9 Å². The smallest absolute Gasteiger partial charge is 0.228 e. The summed E-state index contributed by atoms with van der Waals surface area (Å²) in [6, 6.07) is 4.61. The first-order valence-electron chi connectivity index (χ1n) is 7.87. The fourth-order valence-corrected chi connectivity index (χ4v) is 3.62. The van der Waals surface area contributed by atoms with Crippen LogP contribution in [0.2, 0.25) is 10.3 Å². The van der Waals surface area contributed by atoms with Gasteiger partial charge in [-0.15, -0.1) is 0 Å². The van der Waals surface area contributed by atoms with Gasteiger partial charge in [0.1, 0.15) is 5.82 Å². The highest BCUT2D eigenvalue weighted by atomic mass is 35.5. The molecule has 2 atom stereocenters. The molecule has 0 amide bonds. The molecule has 1 aromatic heterocycles. The van der Waals surface area contributed by atoms with Crippen LogP contribution in [0.5, 0.6) is 0 Å². The predicted octanol–water partition coefficient (Wildman–Crippen LogP) is 4.35. The van der Waals surface area contributed by atoms with Crippen LogP contribution in [-0.4, -0.2) is 32.7 Å². The number of aliphatic hydroxyl groups is 1. The average Bonchev–Trinajstić information content (AvgIpc) is 3.39. The zero-order valence-corrected chi connectivity index (χ0v) is 15.7. The van der Waals surface area contributed by atoms with Gasteiger partial charge in [-0.3, -0.25) is 0 Å². The first-order chi connectivity index (χ1) is 12.0. The molecule has 1 heterocycles. The number of anilines is 1. The fraction of sp³-hybridized carbons (Fsp3) is 0.438. The molecule has 1 aliphatic carbocycles. The van der Waals surface area contributed by atoms with E-state index in [0.29, 0.717) is 17.0 Å². The van der Waals surface area contributed by atoms with Gasteiger partial charge in [0.25, 0.3) is 0 Å². The number of halogens is 3. The molecule has 0 radical (unpaired) electrons. The van der Waals surface area contributed by atoms with Crippen molar-refractivity contribution in [3.63, 3.8) is 0 Å². The summed E-state index contributed by atoms with van der Waals surface area (Å²) in [6.45, 7) is 1.93. The van der Waals surface area contributed by atoms with Crippen LogP contribution < -0.4 is 5.32 Å². The number of aromatic nitrogens is 3. The molecule has 1 unspecified atom stereocenters. The molecule has 134 valence electrons. The van der Waals surface area contributed by atoms with Crippen molar-refractivity contribution < 1.29 is 9.50 Å². The Morgan fingerprint density at radius 3 is 2.72 bits per heavy atom. The summed E-state index contributed by atoms with van der Waals surface area (Å²) in [7, 11) is 0. The predicted molar refractivity (Wildman–Crippen MR) is 97.7 cm³/mol. The zero-order chi connectivity index (χ0) is 18.0. The summed E-state index contributed by atoms with van der Waals surface area (Å²) < 4.78 is 13.6. The van der Waals surface area contributed by atoms with E-state index in [9.17, 15) is 9.50 Å². The van der Waals surface area contributed by atoms with E-state index in [0.717, 1.165) is 18.4 Å². The lowest BCUT2D eigenvalue weighted by Gasteiger charge is -2.16. The van der Waals surface area contributed by atoms with Gasteiger partial charge in [0, 0.05) is 5.25 Å². The molecule has 5 nitrogen and oxygen atoms in total. The third-order valence-electron chi connectivity index (χ3n) is 3.99. The monoisotopic (exact) mass is 402 g/mol. The summed E-state index contributed by atoms with van der Waals surface area (Å²) in [5.74, 6) is 0.313. The highest BCUT2D eigenvalue weighted by molar-refractivity contribution is 7.99. The lowest BCUT2D eigenvalue weighted by atomic mass is 10.2. The summed E-state index contributed by atoms with van der Waals surface area (Å²) in [5, 5.41) is 13.1. The van der Waals surface area contributed by atoms with E-state index in [4.69, 9.17) is 23.2 Å². The van der Waals surface area contributed by atoms with E-state index < -0.39 is 5.82 Å². The number of hydrogen-bond donors (Lipinski definition) is 2. The molecule has 0 aliphatic heterocycles. The molecule has 0 saturated heterocycles. The highest BCUT2D eigenvalue weighted by Crippen LogP contribution is 2.36. The lowest BCUT2D eigenvalue weighted by Crippen LogP contribution is -2.27. The second-order valence-electron chi connectivity index (χ2n) is 5.92. The molecule has 3 rings (SSSR count). The van der Waals surface area contributed by atoms with Crippen molar-refractivity contribution in [3.05, 3.63) is 39.9 Å². The molecule has 1 saturated carbocycles. The first-order valence-corrected chi connectivity index (χ1v) is 9.50. The molecular formula is C16H17Cl2FN4OS. The number of hydrogen-bond acceptors (Lipinski definition) is 6. The van der Waals surface area contributed by atoms with E-state index in [1.807, 2.05) is 6.92 Å². The van der Waals surface area contributed by atoms with Gasteiger partial charge in [-0.25, -0.2) is 4.39 Å². The van der Waals surface area contributed by atoms with Crippen molar-refractivity contribution in [2.24, 2.45) is 5.92 Å². The number of nitrogens with one attached hydrogen (secondary N) is 1. The van der Waals surface area contributed by atoms with Gasteiger partial charge < -0.3 is 10.4 Å². The van der Waals surface area contributed by atoms with Gasteiger partial charge in [0.15, 0.2) is 5.16 Å². The minimum Gasteiger partial charge on any atom is -0.394 e. The fourth-order valence-electron chi connectivity index (χ4n) is 2.42. The Morgan fingerprint density at radius 1 is 1.32 bits per heavy atom. The van der Waals surface area contributed by atoms with Gasteiger partial charge in [-0.2, -0.15) is 15.0 Å². The molecule has 2 aromatic rings. The van der Waals surface area contributed by atoms with Crippen LogP contribution in [-0.2, 0) is 0 Å². The minimum atomic E-state index is -0.460. The van der Waals surface area contributed by atoms with Crippen LogP contribution in [0, 0.1) is 11.7 Å². The van der Waals surface area contributed by atoms with Gasteiger partial charge in [0.2, 0.25) is 11.2 Å². The van der Waals surface area contributed by atoms with Crippen LogP contribution in [0.3, 0.4) is 0 Å². The number of thioether (sulfide) groups is 1. The van der Waals surface area contributed by atoms with E-state index in [1.54, 1.807) is 6.07 Å². The maximum atomic E-state index is 13.6. The Bertz CT molecular complexity index is 763. The van der Waals surface area contributed by atoms with Crippen molar-refractivity contribution in [2.45, 2.75) is 36.2 Å². The van der Waals surface area contributed by atoms with Crippen LogP contribution in [0.15, 0.2) is 23.4 Å². The Morgan fingerprint density at radius 2 is 2.08 bits per heavy atom. The van der Waals surface area contributed by atoms with Gasteiger partial charge >= 0.3 is 0 Å². The zero-order valence-electron chi connectivity index (χ0n) is 13.4. The normalized spacial score (nSPS) is 16.5. The van der Waals surface area contributed by atoms with Gasteiger partial charge in [0.05, 0.1) is 17.7 Å². The third-order valence-corrected chi connectivity index (χ3v) is 5.48. The van der Waals surface area contributed by atoms with E-state index >= 15 is 0 Å². The maximum Gasteiger partial charge on any atom is 0.228 e. The van der Waals surface area contributed by atoms with Crippen LogP contribution >= 0.6 is 35.0 Å².